The van der Waals surface area contributed by atoms with Crippen LogP contribution in [-0.4, -0.2) is 39.3 Å². The van der Waals surface area contributed by atoms with Gasteiger partial charge in [0, 0.05) is 37.6 Å². The molecule has 0 bridgehead atoms. The Morgan fingerprint density at radius 1 is 1.32 bits per heavy atom. The topological polar surface area (TPSA) is 86.8 Å². The highest BCUT2D eigenvalue weighted by Crippen LogP contribution is 2.22. The Bertz CT molecular complexity index is 653. The molecule has 0 amide bonds. The first-order chi connectivity index (χ1) is 10.7. The van der Waals surface area contributed by atoms with E-state index in [0.717, 1.165) is 36.2 Å². The number of hydrogen-bond donors (Lipinski definition) is 2. The molecule has 2 N–H and O–H groups in total. The molecule has 1 aliphatic heterocycles. The Balaban J connectivity index is 1.68. The van der Waals surface area contributed by atoms with Gasteiger partial charge in [0.1, 0.15) is 5.82 Å². The van der Waals surface area contributed by atoms with Gasteiger partial charge in [-0.15, -0.1) is 0 Å². The van der Waals surface area contributed by atoms with Crippen LogP contribution in [0.4, 0.5) is 11.8 Å². The number of hydrogen-bond acceptors (Lipinski definition) is 6. The molecule has 3 rings (SSSR count). The first-order valence-electron chi connectivity index (χ1n) is 7.26. The molecule has 0 spiro atoms. The number of rotatable bonds is 4. The molecule has 0 saturated carbocycles. The van der Waals surface area contributed by atoms with Gasteiger partial charge in [0.25, 0.3) is 5.56 Å². The number of aromatic amines is 1. The largest absolute Gasteiger partial charge is 0.352 e. The van der Waals surface area contributed by atoms with Crippen molar-refractivity contribution in [3.05, 3.63) is 39.4 Å². The van der Waals surface area contributed by atoms with Crippen LogP contribution in [0.5, 0.6) is 0 Å². The lowest BCUT2D eigenvalue weighted by molar-refractivity contribution is 0.467. The summed E-state index contributed by atoms with van der Waals surface area (Å²) in [6, 6.07) is 3.59. The predicted octanol–water partition coefficient (Wildman–Crippen LogP) is 1.79. The second kappa shape index (κ2) is 6.87. The summed E-state index contributed by atoms with van der Waals surface area (Å²) in [5, 5.41) is 9.91. The summed E-state index contributed by atoms with van der Waals surface area (Å²) in [4.78, 5) is 21.8. The zero-order valence-corrected chi connectivity index (χ0v) is 13.6. The van der Waals surface area contributed by atoms with Crippen molar-refractivity contribution < 1.29 is 0 Å². The van der Waals surface area contributed by atoms with Crippen molar-refractivity contribution in [2.45, 2.75) is 25.3 Å². The molecule has 1 fully saturated rings. The maximum Gasteiger partial charge on any atom is 0.264 e. The maximum absolute atomic E-state index is 11.2. The third-order valence-corrected chi connectivity index (χ3v) is 4.11. The third-order valence-electron chi connectivity index (χ3n) is 3.70. The molecule has 3 heterocycles. The summed E-state index contributed by atoms with van der Waals surface area (Å²) in [6.07, 6.45) is 6.83. The lowest BCUT2D eigenvalue weighted by Crippen LogP contribution is -2.44. The Labute approximate surface area is 136 Å². The van der Waals surface area contributed by atoms with Crippen molar-refractivity contribution in [3.8, 4) is 0 Å². The van der Waals surface area contributed by atoms with Crippen LogP contribution in [0.2, 0.25) is 0 Å². The van der Waals surface area contributed by atoms with Gasteiger partial charge < -0.3 is 10.2 Å². The minimum atomic E-state index is -0.182. The zero-order chi connectivity index (χ0) is 15.4. The van der Waals surface area contributed by atoms with E-state index in [1.165, 1.54) is 12.5 Å². The van der Waals surface area contributed by atoms with E-state index in [0.29, 0.717) is 12.0 Å². The SMILES string of the molecule is O=c1ccc(N2CCCCC2CNc2ncc(Br)cn2)n[nH]1. The fourth-order valence-corrected chi connectivity index (χ4v) is 2.83. The van der Waals surface area contributed by atoms with Crippen LogP contribution in [0, 0.1) is 0 Å². The Kier molecular flexibility index (Phi) is 4.67. The van der Waals surface area contributed by atoms with E-state index in [1.807, 2.05) is 0 Å². The monoisotopic (exact) mass is 364 g/mol. The average Bonchev–Trinajstić information content (AvgIpc) is 2.55. The van der Waals surface area contributed by atoms with Crippen molar-refractivity contribution in [3.63, 3.8) is 0 Å². The second-order valence-corrected chi connectivity index (χ2v) is 6.14. The van der Waals surface area contributed by atoms with Crippen molar-refractivity contribution in [2.24, 2.45) is 0 Å². The minimum absolute atomic E-state index is 0.182. The number of nitrogens with zero attached hydrogens (tertiary/aromatic N) is 4. The number of nitrogens with one attached hydrogen (secondary N) is 2. The minimum Gasteiger partial charge on any atom is -0.352 e. The predicted molar refractivity (Wildman–Crippen MR) is 88.1 cm³/mol. The smallest absolute Gasteiger partial charge is 0.264 e. The van der Waals surface area contributed by atoms with Gasteiger partial charge in [-0.1, -0.05) is 0 Å². The highest BCUT2D eigenvalue weighted by atomic mass is 79.9. The summed E-state index contributed by atoms with van der Waals surface area (Å²) < 4.78 is 0.856. The van der Waals surface area contributed by atoms with Gasteiger partial charge in [0.05, 0.1) is 4.47 Å². The standard InChI is InChI=1S/C14H17BrN6O/c15-10-7-16-14(17-8-10)18-9-11-3-1-2-6-21(11)12-4-5-13(22)20-19-12/h4-5,7-8,11H,1-3,6,9H2,(H,20,22)(H,16,17,18). The molecular formula is C14H17BrN6O. The van der Waals surface area contributed by atoms with E-state index in [4.69, 9.17) is 0 Å². The quantitative estimate of drug-likeness (QED) is 0.859. The van der Waals surface area contributed by atoms with Gasteiger partial charge in [0.15, 0.2) is 0 Å². The first kappa shape index (κ1) is 15.0. The lowest BCUT2D eigenvalue weighted by atomic mass is 10.0. The van der Waals surface area contributed by atoms with Gasteiger partial charge in [-0.25, -0.2) is 15.1 Å². The molecule has 1 saturated heterocycles. The van der Waals surface area contributed by atoms with Gasteiger partial charge in [0.2, 0.25) is 5.95 Å². The lowest BCUT2D eigenvalue weighted by Gasteiger charge is -2.36. The summed E-state index contributed by atoms with van der Waals surface area (Å²) in [5.41, 5.74) is -0.182. The summed E-state index contributed by atoms with van der Waals surface area (Å²) >= 11 is 3.32. The molecule has 0 aromatic carbocycles. The van der Waals surface area contributed by atoms with Crippen molar-refractivity contribution in [2.75, 3.05) is 23.3 Å². The molecule has 2 aromatic rings. The van der Waals surface area contributed by atoms with E-state index in [2.05, 4.69) is 46.3 Å². The van der Waals surface area contributed by atoms with Crippen LogP contribution in [0.3, 0.4) is 0 Å². The van der Waals surface area contributed by atoms with Crippen LogP contribution >= 0.6 is 15.9 Å². The maximum atomic E-state index is 11.2. The van der Waals surface area contributed by atoms with Crippen molar-refractivity contribution >= 4 is 27.7 Å². The Morgan fingerprint density at radius 3 is 2.86 bits per heavy atom. The number of H-pyrrole nitrogens is 1. The van der Waals surface area contributed by atoms with Gasteiger partial charge in [-0.2, -0.15) is 5.10 Å². The zero-order valence-electron chi connectivity index (χ0n) is 12.0. The van der Waals surface area contributed by atoms with Crippen LogP contribution in [0.25, 0.3) is 0 Å². The van der Waals surface area contributed by atoms with Gasteiger partial charge in [-0.05, 0) is 41.3 Å². The molecule has 8 heteroatoms. The van der Waals surface area contributed by atoms with Crippen LogP contribution in [-0.2, 0) is 0 Å². The van der Waals surface area contributed by atoms with Gasteiger partial charge in [-0.3, -0.25) is 4.79 Å². The highest BCUT2D eigenvalue weighted by Gasteiger charge is 2.23. The molecule has 2 aromatic heterocycles. The van der Waals surface area contributed by atoms with E-state index in [-0.39, 0.29) is 5.56 Å². The number of halogens is 1. The first-order valence-corrected chi connectivity index (χ1v) is 8.05. The van der Waals surface area contributed by atoms with Crippen molar-refractivity contribution in [1.29, 1.82) is 0 Å². The summed E-state index contributed by atoms with van der Waals surface area (Å²) in [7, 11) is 0. The summed E-state index contributed by atoms with van der Waals surface area (Å²) in [6.45, 7) is 1.68. The van der Waals surface area contributed by atoms with E-state index in [1.54, 1.807) is 18.5 Å². The van der Waals surface area contributed by atoms with E-state index in [9.17, 15) is 4.79 Å². The average molecular weight is 365 g/mol. The number of piperidine rings is 1. The Morgan fingerprint density at radius 2 is 2.14 bits per heavy atom. The molecule has 7 nitrogen and oxygen atoms in total. The van der Waals surface area contributed by atoms with Crippen LogP contribution in [0.1, 0.15) is 19.3 Å². The fraction of sp³-hybridized carbons (Fsp3) is 0.429. The van der Waals surface area contributed by atoms with Crippen LogP contribution in [0.15, 0.2) is 33.8 Å². The molecule has 116 valence electrons. The molecule has 1 unspecified atom stereocenters. The fourth-order valence-electron chi connectivity index (χ4n) is 2.62. The summed E-state index contributed by atoms with van der Waals surface area (Å²) in [5.74, 6) is 1.42. The highest BCUT2D eigenvalue weighted by molar-refractivity contribution is 9.10. The number of aromatic nitrogens is 4. The molecule has 0 radical (unpaired) electrons. The molecule has 0 aliphatic carbocycles. The van der Waals surface area contributed by atoms with Crippen LogP contribution < -0.4 is 15.8 Å². The third kappa shape index (κ3) is 3.62. The number of anilines is 2. The Hall–Kier alpha value is -1.96. The second-order valence-electron chi connectivity index (χ2n) is 5.23. The van der Waals surface area contributed by atoms with Crippen molar-refractivity contribution in [1.82, 2.24) is 20.2 Å². The molecule has 1 aliphatic rings. The molecule has 1 atom stereocenters. The molecule has 22 heavy (non-hydrogen) atoms. The normalized spacial score (nSPS) is 18.2. The van der Waals surface area contributed by atoms with Gasteiger partial charge >= 0.3 is 0 Å². The van der Waals surface area contributed by atoms with E-state index < -0.39 is 0 Å². The molecular weight excluding hydrogens is 348 g/mol. The van der Waals surface area contributed by atoms with E-state index >= 15 is 0 Å².